The van der Waals surface area contributed by atoms with Crippen molar-refractivity contribution in [3.05, 3.63) is 108 Å². The molecule has 2 heterocycles. The van der Waals surface area contributed by atoms with Crippen LogP contribution in [0.25, 0.3) is 27.6 Å². The minimum atomic E-state index is 0.0104. The fourth-order valence-corrected chi connectivity index (χ4v) is 4.50. The third-order valence-electron chi connectivity index (χ3n) is 5.71. The van der Waals surface area contributed by atoms with Gasteiger partial charge < -0.3 is 4.90 Å². The van der Waals surface area contributed by atoms with Crippen LogP contribution in [0.3, 0.4) is 0 Å². The molecule has 1 atom stereocenters. The summed E-state index contributed by atoms with van der Waals surface area (Å²) in [5.74, 6) is 6.82. The highest BCUT2D eigenvalue weighted by Gasteiger charge is 2.34. The molecule has 0 N–H and O–H groups in total. The minimum absolute atomic E-state index is 0.0104. The Kier molecular flexibility index (Phi) is 3.21. The van der Waals surface area contributed by atoms with Gasteiger partial charge in [-0.25, -0.2) is 0 Å². The molecular weight excluding hydrogens is 338 g/mol. The van der Waals surface area contributed by atoms with Gasteiger partial charge in [0.05, 0.1) is 11.4 Å². The summed E-state index contributed by atoms with van der Waals surface area (Å²) in [7, 11) is 0. The molecule has 4 aromatic carbocycles. The third kappa shape index (κ3) is 2.09. The van der Waals surface area contributed by atoms with Crippen LogP contribution in [0, 0.1) is 11.8 Å². The second-order valence-corrected chi connectivity index (χ2v) is 7.22. The summed E-state index contributed by atoms with van der Waals surface area (Å²) in [5, 5.41) is 2.55. The van der Waals surface area contributed by atoms with Gasteiger partial charge in [-0.3, -0.25) is 0 Å². The number of para-hydroxylation sites is 1. The standard InChI is InChI=1S/C27H17N/c1-2-10-20(11-3-1)24-15-8-16-26-27-21-12-5-4-9-19(21)17-18-23(27)22-13-6-7-14-25(22)28(24)26/h1-7,9-15,17-18,26H. The molecule has 1 unspecified atom stereocenters. The van der Waals surface area contributed by atoms with E-state index in [1.54, 1.807) is 0 Å². The number of hydrogen-bond acceptors (Lipinski definition) is 1. The van der Waals surface area contributed by atoms with Gasteiger partial charge in [-0.05, 0) is 28.0 Å². The lowest BCUT2D eigenvalue weighted by Crippen LogP contribution is -2.31. The van der Waals surface area contributed by atoms with Gasteiger partial charge in [0.25, 0.3) is 0 Å². The fraction of sp³-hybridized carbons (Fsp3) is 0.0370. The topological polar surface area (TPSA) is 3.24 Å². The molecular formula is C27H17N. The van der Waals surface area contributed by atoms with Gasteiger partial charge in [-0.2, -0.15) is 0 Å². The number of nitrogens with zero attached hydrogens (tertiary/aromatic N) is 1. The monoisotopic (exact) mass is 355 g/mol. The van der Waals surface area contributed by atoms with Crippen LogP contribution < -0.4 is 4.90 Å². The smallest absolute Gasteiger partial charge is 0.122 e. The highest BCUT2D eigenvalue weighted by molar-refractivity contribution is 6.01. The summed E-state index contributed by atoms with van der Waals surface area (Å²) in [4.78, 5) is 2.41. The summed E-state index contributed by atoms with van der Waals surface area (Å²) in [6.45, 7) is 0. The predicted molar refractivity (Wildman–Crippen MR) is 117 cm³/mol. The van der Waals surface area contributed by atoms with Crippen molar-refractivity contribution < 1.29 is 0 Å². The molecule has 6 rings (SSSR count). The molecule has 130 valence electrons. The first-order chi connectivity index (χ1) is 13.9. The third-order valence-corrected chi connectivity index (χ3v) is 5.71. The van der Waals surface area contributed by atoms with Crippen molar-refractivity contribution in [2.45, 2.75) is 6.04 Å². The summed E-state index contributed by atoms with van der Waals surface area (Å²) >= 11 is 0. The quantitative estimate of drug-likeness (QED) is 0.356. The summed E-state index contributed by atoms with van der Waals surface area (Å²) in [6.07, 6.45) is 2.05. The molecule has 1 nitrogen and oxygen atoms in total. The maximum Gasteiger partial charge on any atom is 0.122 e. The Morgan fingerprint density at radius 1 is 0.679 bits per heavy atom. The van der Waals surface area contributed by atoms with Crippen molar-refractivity contribution >= 4 is 22.2 Å². The van der Waals surface area contributed by atoms with Crippen LogP contribution >= 0.6 is 0 Å². The average molecular weight is 355 g/mol. The molecule has 0 saturated heterocycles. The van der Waals surface area contributed by atoms with Gasteiger partial charge in [0.15, 0.2) is 0 Å². The van der Waals surface area contributed by atoms with E-state index in [2.05, 4.69) is 114 Å². The molecule has 0 saturated carbocycles. The van der Waals surface area contributed by atoms with Gasteiger partial charge in [-0.15, -0.1) is 0 Å². The van der Waals surface area contributed by atoms with Crippen LogP contribution in [-0.2, 0) is 0 Å². The van der Waals surface area contributed by atoms with Gasteiger partial charge in [0.2, 0.25) is 0 Å². The van der Waals surface area contributed by atoms with Gasteiger partial charge in [0.1, 0.15) is 6.04 Å². The maximum absolute atomic E-state index is 3.51. The number of rotatable bonds is 1. The Bertz CT molecular complexity index is 1320. The number of fused-ring (bicyclic) bond motifs is 8. The lowest BCUT2D eigenvalue weighted by molar-refractivity contribution is 0.876. The minimum Gasteiger partial charge on any atom is -0.321 e. The molecule has 0 spiro atoms. The molecule has 28 heavy (non-hydrogen) atoms. The fourth-order valence-electron chi connectivity index (χ4n) is 4.50. The van der Waals surface area contributed by atoms with E-state index in [1.807, 2.05) is 0 Å². The van der Waals surface area contributed by atoms with E-state index >= 15 is 0 Å². The normalized spacial score (nSPS) is 16.4. The Morgan fingerprint density at radius 3 is 2.39 bits per heavy atom. The Hall–Kier alpha value is -3.76. The van der Waals surface area contributed by atoms with Crippen molar-refractivity contribution in [3.63, 3.8) is 0 Å². The zero-order valence-corrected chi connectivity index (χ0v) is 15.3. The highest BCUT2D eigenvalue weighted by Crippen LogP contribution is 2.50. The molecule has 0 bridgehead atoms. The van der Waals surface area contributed by atoms with Crippen molar-refractivity contribution in [3.8, 4) is 23.0 Å². The molecule has 4 aromatic rings. The number of anilines is 1. The molecule has 1 heteroatoms. The molecule has 0 aromatic heterocycles. The van der Waals surface area contributed by atoms with Crippen molar-refractivity contribution in [2.75, 3.05) is 4.90 Å². The maximum atomic E-state index is 3.51. The zero-order chi connectivity index (χ0) is 18.5. The van der Waals surface area contributed by atoms with Gasteiger partial charge in [0, 0.05) is 17.2 Å². The molecule has 0 radical (unpaired) electrons. The van der Waals surface area contributed by atoms with Crippen molar-refractivity contribution in [1.29, 1.82) is 0 Å². The first-order valence-corrected chi connectivity index (χ1v) is 9.59. The Balaban J connectivity index is 1.69. The van der Waals surface area contributed by atoms with Gasteiger partial charge >= 0.3 is 0 Å². The van der Waals surface area contributed by atoms with Crippen LogP contribution in [-0.4, -0.2) is 0 Å². The number of benzene rings is 4. The second-order valence-electron chi connectivity index (χ2n) is 7.22. The SMILES string of the molecule is C1#CC2c3c(ccc4ccccc34)-c3ccccc3N2C(c2ccccc2)=C1. The second kappa shape index (κ2) is 5.87. The van der Waals surface area contributed by atoms with Crippen molar-refractivity contribution in [2.24, 2.45) is 0 Å². The first kappa shape index (κ1) is 15.3. The molecule has 0 amide bonds. The summed E-state index contributed by atoms with van der Waals surface area (Å²) < 4.78 is 0. The summed E-state index contributed by atoms with van der Waals surface area (Å²) in [5.41, 5.74) is 7.45. The molecule has 2 aliphatic rings. The lowest BCUT2D eigenvalue weighted by Gasteiger charge is -2.40. The van der Waals surface area contributed by atoms with Crippen LogP contribution in [0.4, 0.5) is 5.69 Å². The van der Waals surface area contributed by atoms with Crippen LogP contribution in [0.1, 0.15) is 17.2 Å². The lowest BCUT2D eigenvalue weighted by atomic mass is 9.83. The van der Waals surface area contributed by atoms with Crippen LogP contribution in [0.5, 0.6) is 0 Å². The average Bonchev–Trinajstić information content (AvgIpc) is 2.79. The zero-order valence-electron chi connectivity index (χ0n) is 15.3. The van der Waals surface area contributed by atoms with E-state index in [9.17, 15) is 0 Å². The Labute approximate surface area is 164 Å². The number of hydrogen-bond donors (Lipinski definition) is 0. The molecule has 0 aliphatic carbocycles. The predicted octanol–water partition coefficient (Wildman–Crippen LogP) is 6.43. The Morgan fingerprint density at radius 2 is 1.46 bits per heavy atom. The largest absolute Gasteiger partial charge is 0.321 e. The number of allylic oxidation sites excluding steroid dienone is 1. The van der Waals surface area contributed by atoms with Gasteiger partial charge in [-0.1, -0.05) is 96.8 Å². The highest BCUT2D eigenvalue weighted by atomic mass is 15.2. The van der Waals surface area contributed by atoms with E-state index in [4.69, 9.17) is 0 Å². The van der Waals surface area contributed by atoms with Crippen LogP contribution in [0.15, 0.2) is 97.1 Å². The molecule has 2 aliphatic heterocycles. The van der Waals surface area contributed by atoms with E-state index in [0.717, 1.165) is 5.70 Å². The van der Waals surface area contributed by atoms with E-state index in [0.29, 0.717) is 0 Å². The van der Waals surface area contributed by atoms with E-state index < -0.39 is 0 Å². The van der Waals surface area contributed by atoms with E-state index in [-0.39, 0.29) is 6.04 Å². The summed E-state index contributed by atoms with van der Waals surface area (Å²) in [6, 6.07) is 32.4. The first-order valence-electron chi connectivity index (χ1n) is 9.59. The van der Waals surface area contributed by atoms with Crippen LogP contribution in [0.2, 0.25) is 0 Å². The van der Waals surface area contributed by atoms with Crippen molar-refractivity contribution in [1.82, 2.24) is 0 Å². The van der Waals surface area contributed by atoms with E-state index in [1.165, 1.54) is 38.7 Å². The molecule has 0 fully saturated rings.